The molecule has 0 unspecified atom stereocenters. The summed E-state index contributed by atoms with van der Waals surface area (Å²) in [4.78, 5) is 15.7. The molecule has 0 fully saturated rings. The fourth-order valence-electron chi connectivity index (χ4n) is 2.88. The molecule has 3 heteroatoms. The van der Waals surface area contributed by atoms with E-state index in [1.54, 1.807) is 12.4 Å². The van der Waals surface area contributed by atoms with E-state index in [0.717, 1.165) is 18.4 Å². The molecule has 0 radical (unpaired) electrons. The number of allylic oxidation sites excluding steroid dienone is 2. The Morgan fingerprint density at radius 1 is 0.962 bits per heavy atom. The molecule has 1 rings (SSSR count). The van der Waals surface area contributed by atoms with Gasteiger partial charge < -0.3 is 4.74 Å². The number of aromatic nitrogens is 1. The molecule has 3 nitrogen and oxygen atoms in total. The van der Waals surface area contributed by atoms with Crippen LogP contribution < -0.4 is 0 Å². The highest BCUT2D eigenvalue weighted by molar-refractivity contribution is 5.69. The summed E-state index contributed by atoms with van der Waals surface area (Å²) in [5.74, 6) is -0.104. The third-order valence-corrected chi connectivity index (χ3v) is 4.52. The molecule has 0 aliphatic carbocycles. The van der Waals surface area contributed by atoms with Gasteiger partial charge in [0.05, 0.1) is 0 Å². The lowest BCUT2D eigenvalue weighted by Crippen LogP contribution is -2.04. The summed E-state index contributed by atoms with van der Waals surface area (Å²) < 4.78 is 5.25. The van der Waals surface area contributed by atoms with Crippen molar-refractivity contribution in [1.82, 2.24) is 4.98 Å². The van der Waals surface area contributed by atoms with E-state index >= 15 is 0 Å². The fraction of sp³-hybridized carbons (Fsp3) is 0.652. The number of esters is 1. The van der Waals surface area contributed by atoms with Crippen LogP contribution >= 0.6 is 0 Å². The van der Waals surface area contributed by atoms with Crippen LogP contribution in [0.1, 0.15) is 96.0 Å². The van der Waals surface area contributed by atoms with E-state index in [4.69, 9.17) is 4.74 Å². The first-order chi connectivity index (χ1) is 12.8. The van der Waals surface area contributed by atoms with Crippen molar-refractivity contribution in [3.05, 3.63) is 42.2 Å². The van der Waals surface area contributed by atoms with Crippen molar-refractivity contribution in [3.8, 4) is 0 Å². The molecule has 0 saturated heterocycles. The summed E-state index contributed by atoms with van der Waals surface area (Å²) in [6, 6.07) is 3.77. The SMILES string of the molecule is CCCCCCCC/C=C\CCCCCCC(=O)OCc1cccnc1. The lowest BCUT2D eigenvalue weighted by molar-refractivity contribution is -0.145. The third-order valence-electron chi connectivity index (χ3n) is 4.52. The standard InChI is InChI=1S/C23H37NO2/c1-2-3-4-5-6-7-8-9-10-11-12-13-14-15-18-23(25)26-21-22-17-16-19-24-20-22/h9-10,16-17,19-20H,2-8,11-15,18,21H2,1H3/b10-9-. The third kappa shape index (κ3) is 13.6. The van der Waals surface area contributed by atoms with Crippen molar-refractivity contribution in [2.45, 2.75) is 97.0 Å². The minimum Gasteiger partial charge on any atom is -0.461 e. The van der Waals surface area contributed by atoms with Crippen LogP contribution in [-0.2, 0) is 16.1 Å². The Morgan fingerprint density at radius 3 is 2.27 bits per heavy atom. The summed E-state index contributed by atoms with van der Waals surface area (Å²) in [7, 11) is 0. The van der Waals surface area contributed by atoms with Gasteiger partial charge in [-0.05, 0) is 38.2 Å². The highest BCUT2D eigenvalue weighted by atomic mass is 16.5. The number of carbonyl (C=O) groups is 1. The molecule has 0 aliphatic heterocycles. The van der Waals surface area contributed by atoms with Crippen molar-refractivity contribution in [2.24, 2.45) is 0 Å². The first-order valence-corrected chi connectivity index (χ1v) is 10.5. The maximum Gasteiger partial charge on any atom is 0.306 e. The summed E-state index contributed by atoms with van der Waals surface area (Å²) >= 11 is 0. The highest BCUT2D eigenvalue weighted by Crippen LogP contribution is 2.10. The predicted octanol–water partition coefficient (Wildman–Crippen LogP) is 6.77. The van der Waals surface area contributed by atoms with E-state index in [1.165, 1.54) is 64.2 Å². The van der Waals surface area contributed by atoms with Gasteiger partial charge >= 0.3 is 5.97 Å². The number of unbranched alkanes of at least 4 members (excludes halogenated alkanes) is 10. The minimum atomic E-state index is -0.104. The van der Waals surface area contributed by atoms with Crippen LogP contribution in [0.25, 0.3) is 0 Å². The molecular formula is C23H37NO2. The van der Waals surface area contributed by atoms with E-state index in [1.807, 2.05) is 12.1 Å². The number of rotatable bonds is 16. The van der Waals surface area contributed by atoms with Gasteiger partial charge in [-0.1, -0.05) is 70.1 Å². The number of ether oxygens (including phenoxy) is 1. The van der Waals surface area contributed by atoms with Gasteiger partial charge in [-0.15, -0.1) is 0 Å². The second kappa shape index (κ2) is 16.8. The summed E-state index contributed by atoms with van der Waals surface area (Å²) in [5.41, 5.74) is 0.939. The van der Waals surface area contributed by atoms with Gasteiger partial charge in [0.1, 0.15) is 6.61 Å². The molecule has 0 N–H and O–H groups in total. The normalized spacial score (nSPS) is 11.1. The Kier molecular flexibility index (Phi) is 14.5. The molecule has 1 aromatic heterocycles. The predicted molar refractivity (Wildman–Crippen MR) is 109 cm³/mol. The van der Waals surface area contributed by atoms with Gasteiger partial charge in [-0.3, -0.25) is 9.78 Å². The van der Waals surface area contributed by atoms with Crippen molar-refractivity contribution < 1.29 is 9.53 Å². The van der Waals surface area contributed by atoms with Gasteiger partial charge in [0.25, 0.3) is 0 Å². The van der Waals surface area contributed by atoms with E-state index in [9.17, 15) is 4.79 Å². The van der Waals surface area contributed by atoms with Crippen molar-refractivity contribution in [1.29, 1.82) is 0 Å². The minimum absolute atomic E-state index is 0.104. The van der Waals surface area contributed by atoms with Gasteiger partial charge in [0.2, 0.25) is 0 Å². The number of hydrogen-bond acceptors (Lipinski definition) is 3. The zero-order chi connectivity index (χ0) is 18.7. The molecule has 0 bridgehead atoms. The molecule has 1 heterocycles. The molecule has 0 amide bonds. The largest absolute Gasteiger partial charge is 0.461 e. The lowest BCUT2D eigenvalue weighted by Gasteiger charge is -2.04. The lowest BCUT2D eigenvalue weighted by atomic mass is 10.1. The second-order valence-electron chi connectivity index (χ2n) is 7.00. The van der Waals surface area contributed by atoms with Crippen molar-refractivity contribution in [3.63, 3.8) is 0 Å². The molecule has 0 saturated carbocycles. The van der Waals surface area contributed by atoms with Crippen molar-refractivity contribution in [2.75, 3.05) is 0 Å². The van der Waals surface area contributed by atoms with Crippen LogP contribution in [0.5, 0.6) is 0 Å². The fourth-order valence-corrected chi connectivity index (χ4v) is 2.88. The van der Waals surface area contributed by atoms with Gasteiger partial charge in [-0.2, -0.15) is 0 Å². The van der Waals surface area contributed by atoms with Crippen LogP contribution in [0.15, 0.2) is 36.7 Å². The summed E-state index contributed by atoms with van der Waals surface area (Å²) in [5, 5.41) is 0. The molecule has 1 aromatic rings. The first kappa shape index (κ1) is 22.4. The molecule has 26 heavy (non-hydrogen) atoms. The van der Waals surface area contributed by atoms with Gasteiger partial charge in [0.15, 0.2) is 0 Å². The Bertz CT molecular complexity index is 470. The number of nitrogens with zero attached hydrogens (tertiary/aromatic N) is 1. The number of pyridine rings is 1. The molecule has 0 aromatic carbocycles. The highest BCUT2D eigenvalue weighted by Gasteiger charge is 2.03. The maximum atomic E-state index is 11.7. The average Bonchev–Trinajstić information content (AvgIpc) is 2.67. The Hall–Kier alpha value is -1.64. The molecule has 146 valence electrons. The quantitative estimate of drug-likeness (QED) is 0.186. The second-order valence-corrected chi connectivity index (χ2v) is 7.00. The maximum absolute atomic E-state index is 11.7. The zero-order valence-corrected chi connectivity index (χ0v) is 16.6. The van der Waals surface area contributed by atoms with Crippen LogP contribution in [0, 0.1) is 0 Å². The first-order valence-electron chi connectivity index (χ1n) is 10.5. The summed E-state index contributed by atoms with van der Waals surface area (Å²) in [6.07, 6.45) is 23.7. The van der Waals surface area contributed by atoms with E-state index in [-0.39, 0.29) is 5.97 Å². The van der Waals surface area contributed by atoms with Crippen molar-refractivity contribution >= 4 is 5.97 Å². The van der Waals surface area contributed by atoms with E-state index < -0.39 is 0 Å². The van der Waals surface area contributed by atoms with E-state index in [2.05, 4.69) is 24.1 Å². The van der Waals surface area contributed by atoms with Gasteiger partial charge in [-0.25, -0.2) is 0 Å². The zero-order valence-electron chi connectivity index (χ0n) is 16.6. The number of hydrogen-bond donors (Lipinski definition) is 0. The Labute approximate surface area is 160 Å². The van der Waals surface area contributed by atoms with E-state index in [0.29, 0.717) is 13.0 Å². The number of carbonyl (C=O) groups excluding carboxylic acids is 1. The molecular weight excluding hydrogens is 322 g/mol. The molecule has 0 aliphatic rings. The average molecular weight is 360 g/mol. The smallest absolute Gasteiger partial charge is 0.306 e. The Morgan fingerprint density at radius 2 is 1.62 bits per heavy atom. The van der Waals surface area contributed by atoms with Crippen LogP contribution in [0.4, 0.5) is 0 Å². The van der Waals surface area contributed by atoms with Gasteiger partial charge in [0, 0.05) is 24.4 Å². The summed E-state index contributed by atoms with van der Waals surface area (Å²) in [6.45, 7) is 2.59. The van der Waals surface area contributed by atoms with Crippen LogP contribution in [0.2, 0.25) is 0 Å². The topological polar surface area (TPSA) is 39.2 Å². The Balaban J connectivity index is 1.84. The monoisotopic (exact) mass is 359 g/mol. The van der Waals surface area contributed by atoms with Crippen LogP contribution in [-0.4, -0.2) is 11.0 Å². The molecule has 0 spiro atoms. The van der Waals surface area contributed by atoms with Crippen LogP contribution in [0.3, 0.4) is 0 Å². The molecule has 0 atom stereocenters.